The number of thiophene rings is 1. The van der Waals surface area contributed by atoms with Gasteiger partial charge in [0, 0.05) is 6.42 Å². The van der Waals surface area contributed by atoms with Gasteiger partial charge in [0.25, 0.3) is 5.91 Å². The maximum Gasteiger partial charge on any atom is 0.265 e. The summed E-state index contributed by atoms with van der Waals surface area (Å²) in [6, 6.07) is 10.8. The number of carbonyl (C=O) groups excluding carboxylic acids is 2. The average molecular weight is 302 g/mol. The molecule has 1 aromatic heterocycles. The molecule has 1 aromatic carbocycles. The van der Waals surface area contributed by atoms with E-state index in [1.54, 1.807) is 18.2 Å². The fraction of sp³-hybridized carbons (Fsp3) is 0.250. The van der Waals surface area contributed by atoms with Gasteiger partial charge in [-0.15, -0.1) is 11.3 Å². The monoisotopic (exact) mass is 302 g/mol. The Hall–Kier alpha value is -2.14. The van der Waals surface area contributed by atoms with E-state index in [1.807, 2.05) is 30.5 Å². The molecule has 0 saturated carbocycles. The van der Waals surface area contributed by atoms with E-state index in [4.69, 9.17) is 0 Å². The van der Waals surface area contributed by atoms with Crippen molar-refractivity contribution in [2.75, 3.05) is 10.6 Å². The van der Waals surface area contributed by atoms with Gasteiger partial charge in [-0.2, -0.15) is 0 Å². The molecular formula is C16H18N2O2S. The minimum Gasteiger partial charge on any atom is -0.324 e. The summed E-state index contributed by atoms with van der Waals surface area (Å²) < 4.78 is 0. The molecule has 0 bridgehead atoms. The lowest BCUT2D eigenvalue weighted by Crippen LogP contribution is -2.15. The highest BCUT2D eigenvalue weighted by molar-refractivity contribution is 7.12. The highest BCUT2D eigenvalue weighted by atomic mass is 32.1. The lowest BCUT2D eigenvalue weighted by molar-refractivity contribution is -0.116. The zero-order chi connectivity index (χ0) is 15.1. The second-order valence-corrected chi connectivity index (χ2v) is 5.58. The molecule has 1 heterocycles. The third-order valence-electron chi connectivity index (χ3n) is 2.95. The summed E-state index contributed by atoms with van der Waals surface area (Å²) in [5, 5.41) is 7.53. The highest BCUT2D eigenvalue weighted by Gasteiger charge is 2.11. The van der Waals surface area contributed by atoms with Crippen LogP contribution in [0.1, 0.15) is 35.9 Å². The quantitative estimate of drug-likeness (QED) is 0.843. The Morgan fingerprint density at radius 1 is 1.05 bits per heavy atom. The Kier molecular flexibility index (Phi) is 5.51. The summed E-state index contributed by atoms with van der Waals surface area (Å²) >= 11 is 1.38. The number of benzene rings is 1. The summed E-state index contributed by atoms with van der Waals surface area (Å²) in [6.45, 7) is 2.04. The van der Waals surface area contributed by atoms with Crippen LogP contribution in [0.25, 0.3) is 0 Å². The first-order valence-electron chi connectivity index (χ1n) is 6.94. The summed E-state index contributed by atoms with van der Waals surface area (Å²) in [7, 11) is 0. The Labute approximate surface area is 128 Å². The van der Waals surface area contributed by atoms with Crippen LogP contribution in [0.3, 0.4) is 0 Å². The van der Waals surface area contributed by atoms with E-state index in [1.165, 1.54) is 11.3 Å². The van der Waals surface area contributed by atoms with E-state index in [0.29, 0.717) is 22.7 Å². The van der Waals surface area contributed by atoms with Crippen molar-refractivity contribution in [1.82, 2.24) is 0 Å². The van der Waals surface area contributed by atoms with Gasteiger partial charge in [0.05, 0.1) is 16.3 Å². The van der Waals surface area contributed by atoms with E-state index in [9.17, 15) is 9.59 Å². The average Bonchev–Trinajstić information content (AvgIpc) is 3.01. The predicted octanol–water partition coefficient (Wildman–Crippen LogP) is 4.13. The second-order valence-electron chi connectivity index (χ2n) is 4.63. The van der Waals surface area contributed by atoms with Crippen molar-refractivity contribution in [3.8, 4) is 0 Å². The van der Waals surface area contributed by atoms with Crippen molar-refractivity contribution >= 4 is 34.5 Å². The Balaban J connectivity index is 2.06. The van der Waals surface area contributed by atoms with Gasteiger partial charge in [-0.1, -0.05) is 31.5 Å². The molecule has 2 rings (SSSR count). The van der Waals surface area contributed by atoms with Crippen LogP contribution in [0, 0.1) is 0 Å². The number of amides is 2. The number of para-hydroxylation sites is 2. The topological polar surface area (TPSA) is 58.2 Å². The van der Waals surface area contributed by atoms with Crippen molar-refractivity contribution < 1.29 is 9.59 Å². The van der Waals surface area contributed by atoms with E-state index in [-0.39, 0.29) is 11.8 Å². The minimum atomic E-state index is -0.166. The molecule has 0 saturated heterocycles. The second kappa shape index (κ2) is 7.59. The van der Waals surface area contributed by atoms with Gasteiger partial charge in [0.15, 0.2) is 0 Å². The maximum absolute atomic E-state index is 12.1. The standard InChI is InChI=1S/C16H18N2O2S/c1-2-3-10-15(19)17-12-7-4-5-8-13(12)18-16(20)14-9-6-11-21-14/h4-9,11H,2-3,10H2,1H3,(H,17,19)(H,18,20). The van der Waals surface area contributed by atoms with Gasteiger partial charge >= 0.3 is 0 Å². The molecule has 0 fully saturated rings. The fourth-order valence-electron chi connectivity index (χ4n) is 1.84. The first-order chi connectivity index (χ1) is 10.2. The zero-order valence-electron chi connectivity index (χ0n) is 11.9. The Bertz CT molecular complexity index is 608. The summed E-state index contributed by atoms with van der Waals surface area (Å²) in [5.74, 6) is -0.199. The number of hydrogen-bond acceptors (Lipinski definition) is 3. The molecule has 0 aliphatic carbocycles. The van der Waals surface area contributed by atoms with Crippen LogP contribution < -0.4 is 10.6 Å². The van der Waals surface area contributed by atoms with Gasteiger partial charge in [-0.05, 0) is 30.0 Å². The molecule has 0 radical (unpaired) electrons. The van der Waals surface area contributed by atoms with Crippen LogP contribution in [0.5, 0.6) is 0 Å². The van der Waals surface area contributed by atoms with Crippen LogP contribution in [0.2, 0.25) is 0 Å². The van der Waals surface area contributed by atoms with Crippen LogP contribution in [-0.2, 0) is 4.79 Å². The van der Waals surface area contributed by atoms with Crippen molar-refractivity contribution in [3.63, 3.8) is 0 Å². The molecule has 2 aromatic rings. The number of anilines is 2. The number of carbonyl (C=O) groups is 2. The highest BCUT2D eigenvalue weighted by Crippen LogP contribution is 2.23. The maximum atomic E-state index is 12.1. The van der Waals surface area contributed by atoms with Gasteiger partial charge in [0.2, 0.25) is 5.91 Å². The molecule has 4 nitrogen and oxygen atoms in total. The van der Waals surface area contributed by atoms with E-state index in [2.05, 4.69) is 10.6 Å². The van der Waals surface area contributed by atoms with Crippen molar-refractivity contribution in [1.29, 1.82) is 0 Å². The first kappa shape index (κ1) is 15.3. The lowest BCUT2D eigenvalue weighted by atomic mass is 10.2. The van der Waals surface area contributed by atoms with Crippen molar-refractivity contribution in [2.45, 2.75) is 26.2 Å². The third-order valence-corrected chi connectivity index (χ3v) is 3.82. The van der Waals surface area contributed by atoms with E-state index < -0.39 is 0 Å². The van der Waals surface area contributed by atoms with Gasteiger partial charge < -0.3 is 10.6 Å². The molecule has 110 valence electrons. The molecule has 21 heavy (non-hydrogen) atoms. The van der Waals surface area contributed by atoms with Crippen LogP contribution in [0.4, 0.5) is 11.4 Å². The number of hydrogen-bond donors (Lipinski definition) is 2. The van der Waals surface area contributed by atoms with Gasteiger partial charge in [0.1, 0.15) is 0 Å². The van der Waals surface area contributed by atoms with Gasteiger partial charge in [-0.3, -0.25) is 9.59 Å². The predicted molar refractivity (Wildman–Crippen MR) is 86.9 cm³/mol. The largest absolute Gasteiger partial charge is 0.324 e. The van der Waals surface area contributed by atoms with E-state index >= 15 is 0 Å². The summed E-state index contributed by atoms with van der Waals surface area (Å²) in [6.07, 6.45) is 2.32. The van der Waals surface area contributed by atoms with E-state index in [0.717, 1.165) is 12.8 Å². The van der Waals surface area contributed by atoms with Crippen molar-refractivity contribution in [2.24, 2.45) is 0 Å². The molecule has 0 unspecified atom stereocenters. The SMILES string of the molecule is CCCCC(=O)Nc1ccccc1NC(=O)c1cccs1. The Morgan fingerprint density at radius 3 is 2.38 bits per heavy atom. The smallest absolute Gasteiger partial charge is 0.265 e. The minimum absolute atomic E-state index is 0.0327. The van der Waals surface area contributed by atoms with Gasteiger partial charge in [-0.25, -0.2) is 0 Å². The number of rotatable bonds is 6. The molecule has 0 aliphatic heterocycles. The molecular weight excluding hydrogens is 284 g/mol. The molecule has 2 N–H and O–H groups in total. The molecule has 5 heteroatoms. The molecule has 0 aliphatic rings. The molecule has 0 atom stereocenters. The van der Waals surface area contributed by atoms with Crippen LogP contribution in [0.15, 0.2) is 41.8 Å². The zero-order valence-corrected chi connectivity index (χ0v) is 12.7. The number of unbranched alkanes of at least 4 members (excludes halogenated alkanes) is 1. The van der Waals surface area contributed by atoms with Crippen LogP contribution >= 0.6 is 11.3 Å². The Morgan fingerprint density at radius 2 is 1.76 bits per heavy atom. The molecule has 2 amide bonds. The first-order valence-corrected chi connectivity index (χ1v) is 7.82. The normalized spacial score (nSPS) is 10.1. The fourth-order valence-corrected chi connectivity index (χ4v) is 2.46. The van der Waals surface area contributed by atoms with Crippen LogP contribution in [-0.4, -0.2) is 11.8 Å². The number of nitrogens with one attached hydrogen (secondary N) is 2. The summed E-state index contributed by atoms with van der Waals surface area (Å²) in [4.78, 5) is 24.5. The summed E-state index contributed by atoms with van der Waals surface area (Å²) in [5.41, 5.74) is 1.24. The lowest BCUT2D eigenvalue weighted by Gasteiger charge is -2.11. The third kappa shape index (κ3) is 4.43. The molecule has 0 spiro atoms. The van der Waals surface area contributed by atoms with Crippen molar-refractivity contribution in [3.05, 3.63) is 46.7 Å².